The van der Waals surface area contributed by atoms with Crippen LogP contribution in [0.5, 0.6) is 0 Å². The predicted octanol–water partition coefficient (Wildman–Crippen LogP) is 2.80. The molecule has 92 valence electrons. The van der Waals surface area contributed by atoms with Crippen molar-refractivity contribution in [2.45, 2.75) is 0 Å². The minimum atomic E-state index is 0.690. The monoisotopic (exact) mass is 241 g/mol. The number of rotatable bonds is 4. The Bertz CT molecular complexity index is 525. The van der Waals surface area contributed by atoms with Crippen molar-refractivity contribution in [3.8, 4) is 0 Å². The fourth-order valence-corrected chi connectivity index (χ4v) is 1.41. The molecule has 0 amide bonds. The van der Waals surface area contributed by atoms with Crippen LogP contribution in [0.1, 0.15) is 11.3 Å². The van der Waals surface area contributed by atoms with Gasteiger partial charge in [0, 0.05) is 19.8 Å². The van der Waals surface area contributed by atoms with Crippen LogP contribution >= 0.6 is 0 Å². The number of hydrogen-bond acceptors (Lipinski definition) is 4. The summed E-state index contributed by atoms with van der Waals surface area (Å²) in [6.07, 6.45) is 4.88. The van der Waals surface area contributed by atoms with Gasteiger partial charge in [-0.15, -0.1) is 0 Å². The standard InChI is InChI=1S/C14H15N3O/c1-17(2)13-7-5-12(6-8-13)10-15-16-11-14-4-3-9-18-14/h3-11H,1-2H3/b15-10+,16-11+. The van der Waals surface area contributed by atoms with Crippen LogP contribution < -0.4 is 4.90 Å². The van der Waals surface area contributed by atoms with E-state index in [9.17, 15) is 0 Å². The Morgan fingerprint density at radius 2 is 1.72 bits per heavy atom. The highest BCUT2D eigenvalue weighted by Crippen LogP contribution is 2.10. The normalized spacial score (nSPS) is 11.4. The summed E-state index contributed by atoms with van der Waals surface area (Å²) in [5.74, 6) is 0.690. The summed E-state index contributed by atoms with van der Waals surface area (Å²) in [5.41, 5.74) is 2.17. The van der Waals surface area contributed by atoms with Gasteiger partial charge in [0.25, 0.3) is 0 Å². The van der Waals surface area contributed by atoms with Crippen LogP contribution in [0.15, 0.2) is 57.3 Å². The molecule has 18 heavy (non-hydrogen) atoms. The lowest BCUT2D eigenvalue weighted by Crippen LogP contribution is -2.08. The van der Waals surface area contributed by atoms with Gasteiger partial charge in [0.1, 0.15) is 5.76 Å². The van der Waals surface area contributed by atoms with E-state index in [1.165, 1.54) is 0 Å². The highest BCUT2D eigenvalue weighted by atomic mass is 16.3. The Morgan fingerprint density at radius 1 is 1.00 bits per heavy atom. The van der Waals surface area contributed by atoms with Gasteiger partial charge in [-0.1, -0.05) is 12.1 Å². The minimum Gasteiger partial charge on any atom is -0.463 e. The largest absolute Gasteiger partial charge is 0.463 e. The lowest BCUT2D eigenvalue weighted by atomic mass is 10.2. The minimum absolute atomic E-state index is 0.690. The van der Waals surface area contributed by atoms with Crippen LogP contribution in [0.25, 0.3) is 0 Å². The summed E-state index contributed by atoms with van der Waals surface area (Å²) >= 11 is 0. The number of furan rings is 1. The quantitative estimate of drug-likeness (QED) is 0.610. The summed E-state index contributed by atoms with van der Waals surface area (Å²) < 4.78 is 5.10. The lowest BCUT2D eigenvalue weighted by molar-refractivity contribution is 0.560. The molecule has 4 heteroatoms. The summed E-state index contributed by atoms with van der Waals surface area (Å²) in [5, 5.41) is 7.87. The SMILES string of the molecule is CN(C)c1ccc(/C=N/N=C/c2ccco2)cc1. The molecule has 2 rings (SSSR count). The first-order chi connectivity index (χ1) is 8.75. The molecular weight excluding hydrogens is 226 g/mol. The fraction of sp³-hybridized carbons (Fsp3) is 0.143. The van der Waals surface area contributed by atoms with Crippen LogP contribution in [-0.4, -0.2) is 26.5 Å². The zero-order chi connectivity index (χ0) is 12.8. The summed E-state index contributed by atoms with van der Waals surface area (Å²) in [7, 11) is 4.02. The van der Waals surface area contributed by atoms with Crippen molar-refractivity contribution in [3.63, 3.8) is 0 Å². The summed E-state index contributed by atoms with van der Waals surface area (Å²) in [6, 6.07) is 11.7. The molecule has 0 saturated heterocycles. The fourth-order valence-electron chi connectivity index (χ4n) is 1.41. The lowest BCUT2D eigenvalue weighted by Gasteiger charge is -2.11. The molecular formula is C14H15N3O. The van der Waals surface area contributed by atoms with Crippen molar-refractivity contribution in [1.82, 2.24) is 0 Å². The zero-order valence-electron chi connectivity index (χ0n) is 10.4. The van der Waals surface area contributed by atoms with Crippen LogP contribution in [-0.2, 0) is 0 Å². The van der Waals surface area contributed by atoms with E-state index in [1.807, 2.05) is 50.5 Å². The van der Waals surface area contributed by atoms with E-state index in [-0.39, 0.29) is 0 Å². The van der Waals surface area contributed by atoms with Crippen molar-refractivity contribution in [1.29, 1.82) is 0 Å². The summed E-state index contributed by atoms with van der Waals surface area (Å²) in [6.45, 7) is 0. The third-order valence-electron chi connectivity index (χ3n) is 2.41. The van der Waals surface area contributed by atoms with Gasteiger partial charge in [-0.25, -0.2) is 0 Å². The topological polar surface area (TPSA) is 41.1 Å². The van der Waals surface area contributed by atoms with Gasteiger partial charge >= 0.3 is 0 Å². The molecule has 1 aromatic heterocycles. The molecule has 0 saturated carbocycles. The molecule has 1 heterocycles. The smallest absolute Gasteiger partial charge is 0.146 e. The van der Waals surface area contributed by atoms with Crippen LogP contribution in [0, 0.1) is 0 Å². The first-order valence-electron chi connectivity index (χ1n) is 5.63. The Labute approximate surface area is 106 Å². The molecule has 1 aromatic carbocycles. The molecule has 4 nitrogen and oxygen atoms in total. The molecule has 0 fully saturated rings. The molecule has 0 spiro atoms. The van der Waals surface area contributed by atoms with Crippen molar-refractivity contribution in [2.75, 3.05) is 19.0 Å². The Morgan fingerprint density at radius 3 is 2.33 bits per heavy atom. The highest BCUT2D eigenvalue weighted by Gasteiger charge is 1.93. The van der Waals surface area contributed by atoms with E-state index in [2.05, 4.69) is 15.1 Å². The molecule has 0 atom stereocenters. The molecule has 0 aliphatic carbocycles. The van der Waals surface area contributed by atoms with Gasteiger partial charge in [0.2, 0.25) is 0 Å². The zero-order valence-corrected chi connectivity index (χ0v) is 10.4. The molecule has 0 radical (unpaired) electrons. The second kappa shape index (κ2) is 5.82. The van der Waals surface area contributed by atoms with Crippen molar-refractivity contribution < 1.29 is 4.42 Å². The number of nitrogens with zero attached hydrogens (tertiary/aromatic N) is 3. The molecule has 0 bridgehead atoms. The van der Waals surface area contributed by atoms with E-state index in [0.717, 1.165) is 11.3 Å². The predicted molar refractivity (Wildman–Crippen MR) is 74.7 cm³/mol. The average Bonchev–Trinajstić information content (AvgIpc) is 2.88. The summed E-state index contributed by atoms with van der Waals surface area (Å²) in [4.78, 5) is 2.05. The van der Waals surface area contributed by atoms with E-state index >= 15 is 0 Å². The molecule has 0 aliphatic heterocycles. The van der Waals surface area contributed by atoms with Crippen molar-refractivity contribution >= 4 is 18.1 Å². The van der Waals surface area contributed by atoms with E-state index in [1.54, 1.807) is 18.7 Å². The Kier molecular flexibility index (Phi) is 3.91. The van der Waals surface area contributed by atoms with Crippen LogP contribution in [0.4, 0.5) is 5.69 Å². The van der Waals surface area contributed by atoms with Crippen LogP contribution in [0.2, 0.25) is 0 Å². The Balaban J connectivity index is 1.97. The average molecular weight is 241 g/mol. The van der Waals surface area contributed by atoms with E-state index in [4.69, 9.17) is 4.42 Å². The van der Waals surface area contributed by atoms with Crippen LogP contribution in [0.3, 0.4) is 0 Å². The molecule has 0 N–H and O–H groups in total. The highest BCUT2D eigenvalue weighted by molar-refractivity contribution is 5.81. The maximum atomic E-state index is 5.10. The van der Waals surface area contributed by atoms with E-state index in [0.29, 0.717) is 5.76 Å². The third kappa shape index (κ3) is 3.31. The first kappa shape index (κ1) is 12.1. The maximum absolute atomic E-state index is 5.10. The van der Waals surface area contributed by atoms with E-state index < -0.39 is 0 Å². The second-order valence-corrected chi connectivity index (χ2v) is 3.99. The van der Waals surface area contributed by atoms with Crippen molar-refractivity contribution in [3.05, 3.63) is 54.0 Å². The second-order valence-electron chi connectivity index (χ2n) is 3.99. The molecule has 2 aromatic rings. The van der Waals surface area contributed by atoms with Gasteiger partial charge in [-0.2, -0.15) is 10.2 Å². The molecule has 0 unspecified atom stereocenters. The van der Waals surface area contributed by atoms with Gasteiger partial charge in [-0.05, 0) is 29.8 Å². The first-order valence-corrected chi connectivity index (χ1v) is 5.63. The van der Waals surface area contributed by atoms with Gasteiger partial charge < -0.3 is 9.32 Å². The number of hydrogen-bond donors (Lipinski definition) is 0. The maximum Gasteiger partial charge on any atom is 0.146 e. The molecule has 0 aliphatic rings. The number of benzene rings is 1. The number of anilines is 1. The van der Waals surface area contributed by atoms with Gasteiger partial charge in [-0.3, -0.25) is 0 Å². The third-order valence-corrected chi connectivity index (χ3v) is 2.41. The van der Waals surface area contributed by atoms with Gasteiger partial charge in [0.15, 0.2) is 0 Å². The Hall–Kier alpha value is -2.36. The van der Waals surface area contributed by atoms with Crippen molar-refractivity contribution in [2.24, 2.45) is 10.2 Å². The van der Waals surface area contributed by atoms with Gasteiger partial charge in [0.05, 0.1) is 18.7 Å².